The fourth-order valence-electron chi connectivity index (χ4n) is 1.89. The van der Waals surface area contributed by atoms with Crippen molar-refractivity contribution in [2.45, 2.75) is 24.1 Å². The molecule has 18 heavy (non-hydrogen) atoms. The van der Waals surface area contributed by atoms with E-state index in [0.717, 1.165) is 12.5 Å². The number of rotatable bonds is 3. The van der Waals surface area contributed by atoms with Gasteiger partial charge in [-0.3, -0.25) is 0 Å². The van der Waals surface area contributed by atoms with Gasteiger partial charge in [-0.2, -0.15) is 4.31 Å². The maximum atomic E-state index is 11.5. The number of nitrogens with zero attached hydrogens (tertiary/aromatic N) is 3. The molecule has 2 rings (SSSR count). The highest BCUT2D eigenvalue weighted by molar-refractivity contribution is 7.90. The minimum Gasteiger partial charge on any atom is -0.411 e. The largest absolute Gasteiger partial charge is 0.411 e. The molecule has 1 aliphatic heterocycles. The SMILES string of the molecule is CS(=O)(=O)c1nnc([C@@H]2CCCN2S(C)(=O)=O)o1. The fourth-order valence-corrected chi connectivity index (χ4v) is 3.43. The topological polar surface area (TPSA) is 110 Å². The van der Waals surface area contributed by atoms with Crippen molar-refractivity contribution in [2.24, 2.45) is 0 Å². The normalized spacial score (nSPS) is 22.4. The molecule has 1 saturated heterocycles. The minimum absolute atomic E-state index is 0.0263. The Hall–Kier alpha value is -1.00. The molecule has 0 radical (unpaired) electrons. The van der Waals surface area contributed by atoms with Gasteiger partial charge >= 0.3 is 5.22 Å². The summed E-state index contributed by atoms with van der Waals surface area (Å²) in [6.07, 6.45) is 3.26. The number of sulfonamides is 1. The summed E-state index contributed by atoms with van der Waals surface area (Å²) in [5.41, 5.74) is 0. The molecule has 0 spiro atoms. The molecule has 1 atom stereocenters. The number of hydrogen-bond acceptors (Lipinski definition) is 7. The van der Waals surface area contributed by atoms with Crippen LogP contribution in [0.4, 0.5) is 0 Å². The second kappa shape index (κ2) is 4.28. The Morgan fingerprint density at radius 2 is 1.89 bits per heavy atom. The summed E-state index contributed by atoms with van der Waals surface area (Å²) in [6, 6.07) is -0.567. The third-order valence-electron chi connectivity index (χ3n) is 2.65. The average molecular weight is 295 g/mol. The van der Waals surface area contributed by atoms with E-state index in [1.54, 1.807) is 0 Å². The lowest BCUT2D eigenvalue weighted by molar-refractivity contribution is 0.305. The van der Waals surface area contributed by atoms with Crippen LogP contribution in [0.5, 0.6) is 0 Å². The first-order chi connectivity index (χ1) is 8.19. The van der Waals surface area contributed by atoms with Crippen molar-refractivity contribution in [2.75, 3.05) is 19.1 Å². The number of sulfone groups is 1. The molecular formula is C8H13N3O5S2. The second-order valence-electron chi connectivity index (χ2n) is 4.21. The van der Waals surface area contributed by atoms with E-state index in [1.807, 2.05) is 0 Å². The second-order valence-corrected chi connectivity index (χ2v) is 8.04. The van der Waals surface area contributed by atoms with Crippen LogP contribution in [0.1, 0.15) is 24.8 Å². The highest BCUT2D eigenvalue weighted by Gasteiger charge is 2.36. The lowest BCUT2D eigenvalue weighted by Gasteiger charge is -2.18. The van der Waals surface area contributed by atoms with E-state index in [-0.39, 0.29) is 5.89 Å². The predicted molar refractivity (Wildman–Crippen MR) is 60.9 cm³/mol. The zero-order valence-corrected chi connectivity index (χ0v) is 11.5. The first kappa shape index (κ1) is 13.4. The monoisotopic (exact) mass is 295 g/mol. The van der Waals surface area contributed by atoms with E-state index in [4.69, 9.17) is 4.42 Å². The Morgan fingerprint density at radius 3 is 2.39 bits per heavy atom. The van der Waals surface area contributed by atoms with Crippen molar-refractivity contribution in [3.05, 3.63) is 5.89 Å². The molecule has 0 saturated carbocycles. The van der Waals surface area contributed by atoms with Crippen LogP contribution >= 0.6 is 0 Å². The summed E-state index contributed by atoms with van der Waals surface area (Å²) in [5, 5.41) is 6.56. The Kier molecular flexibility index (Phi) is 3.19. The van der Waals surface area contributed by atoms with Gasteiger partial charge in [-0.15, -0.1) is 5.10 Å². The van der Waals surface area contributed by atoms with Gasteiger partial charge in [0.25, 0.3) is 0 Å². The summed E-state index contributed by atoms with van der Waals surface area (Å²) >= 11 is 0. The van der Waals surface area contributed by atoms with E-state index in [1.165, 1.54) is 4.31 Å². The van der Waals surface area contributed by atoms with Gasteiger partial charge in [0.2, 0.25) is 25.8 Å². The summed E-state index contributed by atoms with van der Waals surface area (Å²) in [5.74, 6) is 0.0263. The van der Waals surface area contributed by atoms with Crippen LogP contribution in [0.2, 0.25) is 0 Å². The van der Waals surface area contributed by atoms with Crippen molar-refractivity contribution in [1.82, 2.24) is 14.5 Å². The van der Waals surface area contributed by atoms with E-state index in [0.29, 0.717) is 19.4 Å². The Bertz CT molecular complexity index is 648. The van der Waals surface area contributed by atoms with Gasteiger partial charge < -0.3 is 4.42 Å². The van der Waals surface area contributed by atoms with Crippen molar-refractivity contribution < 1.29 is 21.3 Å². The standard InChI is InChI=1S/C8H13N3O5S2/c1-17(12,13)8-10-9-7(16-8)6-4-3-5-11(6)18(2,14)15/h6H,3-5H2,1-2H3/t6-/m0/s1. The van der Waals surface area contributed by atoms with E-state index in [2.05, 4.69) is 10.2 Å². The molecule has 8 nitrogen and oxygen atoms in total. The van der Waals surface area contributed by atoms with Crippen LogP contribution in [-0.4, -0.2) is 50.4 Å². The number of hydrogen-bond donors (Lipinski definition) is 0. The molecule has 102 valence electrons. The van der Waals surface area contributed by atoms with Crippen LogP contribution in [0, 0.1) is 0 Å². The molecule has 0 aliphatic carbocycles. The highest BCUT2D eigenvalue weighted by Crippen LogP contribution is 2.33. The maximum absolute atomic E-state index is 11.5. The van der Waals surface area contributed by atoms with Crippen LogP contribution in [-0.2, 0) is 19.9 Å². The molecule has 1 aromatic rings. The first-order valence-electron chi connectivity index (χ1n) is 5.20. The van der Waals surface area contributed by atoms with Crippen LogP contribution in [0.25, 0.3) is 0 Å². The maximum Gasteiger partial charge on any atom is 0.335 e. The smallest absolute Gasteiger partial charge is 0.335 e. The van der Waals surface area contributed by atoms with Crippen LogP contribution in [0.15, 0.2) is 9.64 Å². The van der Waals surface area contributed by atoms with Crippen LogP contribution < -0.4 is 0 Å². The van der Waals surface area contributed by atoms with Crippen molar-refractivity contribution in [3.63, 3.8) is 0 Å². The molecule has 0 N–H and O–H groups in total. The predicted octanol–water partition coefficient (Wildman–Crippen LogP) is -0.430. The van der Waals surface area contributed by atoms with Crippen molar-refractivity contribution >= 4 is 19.9 Å². The fraction of sp³-hybridized carbons (Fsp3) is 0.750. The van der Waals surface area contributed by atoms with Gasteiger partial charge in [-0.25, -0.2) is 16.8 Å². The third kappa shape index (κ3) is 2.54. The molecule has 2 heterocycles. The summed E-state index contributed by atoms with van der Waals surface area (Å²) in [4.78, 5) is 0. The lowest BCUT2D eigenvalue weighted by atomic mass is 10.2. The molecule has 0 bridgehead atoms. The molecule has 1 aliphatic rings. The molecule has 10 heteroatoms. The molecule has 1 aromatic heterocycles. The summed E-state index contributed by atoms with van der Waals surface area (Å²) < 4.78 is 51.8. The van der Waals surface area contributed by atoms with Crippen LogP contribution in [0.3, 0.4) is 0 Å². The quantitative estimate of drug-likeness (QED) is 0.744. The third-order valence-corrected chi connectivity index (χ3v) is 4.74. The van der Waals surface area contributed by atoms with Gasteiger partial charge in [-0.05, 0) is 12.8 Å². The van der Waals surface area contributed by atoms with Crippen molar-refractivity contribution in [3.8, 4) is 0 Å². The van der Waals surface area contributed by atoms with E-state index < -0.39 is 31.1 Å². The van der Waals surface area contributed by atoms with E-state index >= 15 is 0 Å². The van der Waals surface area contributed by atoms with Crippen molar-refractivity contribution in [1.29, 1.82) is 0 Å². The van der Waals surface area contributed by atoms with Gasteiger partial charge in [0.05, 0.1) is 6.26 Å². The van der Waals surface area contributed by atoms with Gasteiger partial charge in [0, 0.05) is 12.8 Å². The Balaban J connectivity index is 2.35. The molecule has 0 unspecified atom stereocenters. The highest BCUT2D eigenvalue weighted by atomic mass is 32.2. The van der Waals surface area contributed by atoms with Gasteiger partial charge in [0.15, 0.2) is 0 Å². The summed E-state index contributed by atoms with van der Waals surface area (Å²) in [6.45, 7) is 0.375. The number of aromatic nitrogens is 2. The molecule has 1 fully saturated rings. The zero-order chi connectivity index (χ0) is 13.6. The molecule has 0 aromatic carbocycles. The van der Waals surface area contributed by atoms with Gasteiger partial charge in [-0.1, -0.05) is 5.10 Å². The first-order valence-corrected chi connectivity index (χ1v) is 8.94. The average Bonchev–Trinajstić information content (AvgIpc) is 2.84. The molecular weight excluding hydrogens is 282 g/mol. The Morgan fingerprint density at radius 1 is 1.22 bits per heavy atom. The molecule has 0 amide bonds. The minimum atomic E-state index is -3.57. The van der Waals surface area contributed by atoms with E-state index in [9.17, 15) is 16.8 Å². The summed E-state index contributed by atoms with van der Waals surface area (Å²) in [7, 11) is -6.94. The lowest BCUT2D eigenvalue weighted by Crippen LogP contribution is -2.29. The zero-order valence-electron chi connectivity index (χ0n) is 9.90. The van der Waals surface area contributed by atoms with Gasteiger partial charge in [0.1, 0.15) is 6.04 Å². The Labute approximate surface area is 105 Å².